The Morgan fingerprint density at radius 3 is 2.75 bits per heavy atom. The first-order valence-corrected chi connectivity index (χ1v) is 9.93. The quantitative estimate of drug-likeness (QED) is 0.737. The van der Waals surface area contributed by atoms with Crippen molar-refractivity contribution in [2.75, 3.05) is 13.2 Å². The number of hydrogen-bond donors (Lipinski definition) is 0. The Morgan fingerprint density at radius 2 is 2.07 bits per heavy atom. The maximum Gasteiger partial charge on any atom is 0.347 e. The van der Waals surface area contributed by atoms with Crippen molar-refractivity contribution in [3.05, 3.63) is 63.3 Å². The molecule has 0 radical (unpaired) electrons. The molecule has 1 aliphatic rings. The van der Waals surface area contributed by atoms with Gasteiger partial charge in [0.15, 0.2) is 0 Å². The van der Waals surface area contributed by atoms with E-state index in [2.05, 4.69) is 24.0 Å². The van der Waals surface area contributed by atoms with Crippen molar-refractivity contribution in [1.29, 1.82) is 0 Å². The SMILES string of the molecule is Cc1cc(C)n(CCC(=O)N(Cc2ccccc2C)C[C@@H]2CCCO2)c(=O)n1. The Bertz CT molecular complexity index is 885. The van der Waals surface area contributed by atoms with Crippen LogP contribution in [0.3, 0.4) is 0 Å². The molecule has 28 heavy (non-hydrogen) atoms. The van der Waals surface area contributed by atoms with Crippen LogP contribution >= 0.6 is 0 Å². The van der Waals surface area contributed by atoms with E-state index in [9.17, 15) is 9.59 Å². The van der Waals surface area contributed by atoms with Crippen molar-refractivity contribution in [2.24, 2.45) is 0 Å². The predicted octanol–water partition coefficient (Wildman–Crippen LogP) is 2.77. The first-order valence-electron chi connectivity index (χ1n) is 9.93. The van der Waals surface area contributed by atoms with Gasteiger partial charge in [0.25, 0.3) is 0 Å². The van der Waals surface area contributed by atoms with E-state index in [1.165, 1.54) is 5.56 Å². The molecule has 6 heteroatoms. The highest BCUT2D eigenvalue weighted by molar-refractivity contribution is 5.76. The number of benzene rings is 1. The number of aryl methyl sites for hydroxylation is 3. The van der Waals surface area contributed by atoms with Gasteiger partial charge >= 0.3 is 5.69 Å². The lowest BCUT2D eigenvalue weighted by Crippen LogP contribution is -2.38. The molecule has 2 aromatic rings. The molecule has 1 aromatic heterocycles. The maximum absolute atomic E-state index is 13.0. The highest BCUT2D eigenvalue weighted by Gasteiger charge is 2.23. The molecule has 1 amide bonds. The van der Waals surface area contributed by atoms with Crippen LogP contribution in [-0.4, -0.2) is 39.6 Å². The van der Waals surface area contributed by atoms with Gasteiger partial charge in [0.2, 0.25) is 5.91 Å². The van der Waals surface area contributed by atoms with Gasteiger partial charge in [0.1, 0.15) is 0 Å². The second-order valence-corrected chi connectivity index (χ2v) is 7.56. The van der Waals surface area contributed by atoms with E-state index < -0.39 is 0 Å². The normalized spacial score (nSPS) is 16.3. The van der Waals surface area contributed by atoms with Crippen LogP contribution in [0, 0.1) is 20.8 Å². The third-order valence-electron chi connectivity index (χ3n) is 5.32. The lowest BCUT2D eigenvalue weighted by Gasteiger charge is -2.26. The average molecular weight is 383 g/mol. The summed E-state index contributed by atoms with van der Waals surface area (Å²) in [6.45, 7) is 7.99. The minimum absolute atomic E-state index is 0.0330. The van der Waals surface area contributed by atoms with Crippen LogP contribution in [-0.2, 0) is 22.6 Å². The van der Waals surface area contributed by atoms with Gasteiger partial charge in [0, 0.05) is 44.0 Å². The fraction of sp³-hybridized carbons (Fsp3) is 0.500. The molecule has 1 aromatic carbocycles. The van der Waals surface area contributed by atoms with E-state index in [0.29, 0.717) is 25.3 Å². The fourth-order valence-electron chi connectivity index (χ4n) is 3.69. The number of aromatic nitrogens is 2. The predicted molar refractivity (Wildman–Crippen MR) is 108 cm³/mol. The molecule has 150 valence electrons. The van der Waals surface area contributed by atoms with E-state index in [4.69, 9.17) is 4.74 Å². The summed E-state index contributed by atoms with van der Waals surface area (Å²) in [5.41, 5.74) is 3.54. The molecule has 0 N–H and O–H groups in total. The summed E-state index contributed by atoms with van der Waals surface area (Å²) in [5, 5.41) is 0. The zero-order chi connectivity index (χ0) is 20.1. The first-order chi connectivity index (χ1) is 13.4. The molecule has 0 aliphatic carbocycles. The van der Waals surface area contributed by atoms with Crippen molar-refractivity contribution in [1.82, 2.24) is 14.5 Å². The minimum Gasteiger partial charge on any atom is -0.376 e. The Labute approximate surface area is 166 Å². The third-order valence-corrected chi connectivity index (χ3v) is 5.32. The minimum atomic E-state index is -0.296. The standard InChI is InChI=1S/C22H29N3O3/c1-16-7-4-5-8-19(16)14-24(15-20-9-6-12-28-20)21(26)10-11-25-18(3)13-17(2)23-22(25)27/h4-5,7-8,13,20H,6,9-12,14-15H2,1-3H3/t20-/m0/s1. The maximum atomic E-state index is 13.0. The fourth-order valence-corrected chi connectivity index (χ4v) is 3.69. The summed E-state index contributed by atoms with van der Waals surface area (Å²) in [6, 6.07) is 9.99. The Balaban J connectivity index is 1.72. The van der Waals surface area contributed by atoms with E-state index >= 15 is 0 Å². The Hall–Kier alpha value is -2.47. The van der Waals surface area contributed by atoms with Crippen LogP contribution in [0.15, 0.2) is 35.1 Å². The summed E-state index contributed by atoms with van der Waals surface area (Å²) in [7, 11) is 0. The molecule has 1 aliphatic heterocycles. The topological polar surface area (TPSA) is 64.4 Å². The van der Waals surface area contributed by atoms with Gasteiger partial charge in [0.05, 0.1) is 6.10 Å². The van der Waals surface area contributed by atoms with Crippen molar-refractivity contribution < 1.29 is 9.53 Å². The molecule has 0 bridgehead atoms. The molecule has 0 unspecified atom stereocenters. The zero-order valence-electron chi connectivity index (χ0n) is 17.0. The molecule has 6 nitrogen and oxygen atoms in total. The average Bonchev–Trinajstić information content (AvgIpc) is 3.15. The summed E-state index contributed by atoms with van der Waals surface area (Å²) in [4.78, 5) is 31.1. The van der Waals surface area contributed by atoms with Gasteiger partial charge in [-0.2, -0.15) is 4.98 Å². The second kappa shape index (κ2) is 9.15. The van der Waals surface area contributed by atoms with Crippen molar-refractivity contribution in [3.8, 4) is 0 Å². The van der Waals surface area contributed by atoms with Crippen LogP contribution in [0.25, 0.3) is 0 Å². The van der Waals surface area contributed by atoms with Crippen molar-refractivity contribution in [2.45, 2.75) is 59.2 Å². The van der Waals surface area contributed by atoms with E-state index in [0.717, 1.165) is 30.7 Å². The summed E-state index contributed by atoms with van der Waals surface area (Å²) in [6.07, 6.45) is 2.39. The van der Waals surface area contributed by atoms with Gasteiger partial charge in [-0.05, 0) is 50.8 Å². The number of rotatable bonds is 7. The number of carbonyl (C=O) groups is 1. The van der Waals surface area contributed by atoms with Crippen molar-refractivity contribution in [3.63, 3.8) is 0 Å². The molecule has 0 spiro atoms. The molecule has 3 rings (SSSR count). The largest absolute Gasteiger partial charge is 0.376 e. The molecular weight excluding hydrogens is 354 g/mol. The van der Waals surface area contributed by atoms with E-state index in [-0.39, 0.29) is 24.1 Å². The van der Waals surface area contributed by atoms with Gasteiger partial charge in [-0.3, -0.25) is 9.36 Å². The summed E-state index contributed by atoms with van der Waals surface area (Å²) >= 11 is 0. The van der Waals surface area contributed by atoms with Crippen LogP contribution < -0.4 is 5.69 Å². The van der Waals surface area contributed by atoms with Crippen LogP contribution in [0.2, 0.25) is 0 Å². The van der Waals surface area contributed by atoms with Crippen LogP contribution in [0.1, 0.15) is 41.8 Å². The van der Waals surface area contributed by atoms with Gasteiger partial charge in [-0.1, -0.05) is 24.3 Å². The third kappa shape index (κ3) is 5.07. The Kier molecular flexibility index (Phi) is 6.62. The summed E-state index contributed by atoms with van der Waals surface area (Å²) in [5.74, 6) is 0.0330. The van der Waals surface area contributed by atoms with Crippen LogP contribution in [0.4, 0.5) is 0 Å². The molecule has 1 saturated heterocycles. The number of hydrogen-bond acceptors (Lipinski definition) is 4. The highest BCUT2D eigenvalue weighted by atomic mass is 16.5. The second-order valence-electron chi connectivity index (χ2n) is 7.56. The van der Waals surface area contributed by atoms with E-state index in [1.807, 2.05) is 30.0 Å². The number of ether oxygens (including phenoxy) is 1. The van der Waals surface area contributed by atoms with E-state index in [1.54, 1.807) is 11.5 Å². The number of nitrogens with zero attached hydrogens (tertiary/aromatic N) is 3. The van der Waals surface area contributed by atoms with Gasteiger partial charge < -0.3 is 9.64 Å². The lowest BCUT2D eigenvalue weighted by atomic mass is 10.1. The number of amides is 1. The number of carbonyl (C=O) groups excluding carboxylic acids is 1. The Morgan fingerprint density at radius 1 is 1.29 bits per heavy atom. The monoisotopic (exact) mass is 383 g/mol. The smallest absolute Gasteiger partial charge is 0.347 e. The zero-order valence-corrected chi connectivity index (χ0v) is 17.0. The summed E-state index contributed by atoms with van der Waals surface area (Å²) < 4.78 is 7.33. The lowest BCUT2D eigenvalue weighted by molar-refractivity contribution is -0.133. The van der Waals surface area contributed by atoms with Gasteiger partial charge in [-0.15, -0.1) is 0 Å². The first kappa shape index (κ1) is 20.3. The molecular formula is C22H29N3O3. The molecule has 1 fully saturated rings. The highest BCUT2D eigenvalue weighted by Crippen LogP contribution is 2.17. The van der Waals surface area contributed by atoms with Gasteiger partial charge in [-0.25, -0.2) is 4.79 Å². The molecule has 2 heterocycles. The molecule has 1 atom stereocenters. The van der Waals surface area contributed by atoms with Crippen molar-refractivity contribution >= 4 is 5.91 Å². The van der Waals surface area contributed by atoms with Crippen LogP contribution in [0.5, 0.6) is 0 Å². The molecule has 0 saturated carbocycles.